The molecule has 0 aromatic heterocycles. The second-order valence-corrected chi connectivity index (χ2v) is 5.27. The van der Waals surface area contributed by atoms with Crippen molar-refractivity contribution >= 4 is 21.6 Å². The minimum atomic E-state index is 0.267. The normalized spacial score (nSPS) is 24.4. The SMILES string of the molecule is CC1CNC(CC#N)CN1c1ccccc1Br. The highest BCUT2D eigenvalue weighted by Gasteiger charge is 2.25. The van der Waals surface area contributed by atoms with Crippen molar-refractivity contribution in [2.24, 2.45) is 0 Å². The zero-order valence-electron chi connectivity index (χ0n) is 9.86. The maximum atomic E-state index is 8.78. The number of anilines is 1. The van der Waals surface area contributed by atoms with Gasteiger partial charge in [-0.05, 0) is 35.0 Å². The molecule has 0 bridgehead atoms. The summed E-state index contributed by atoms with van der Waals surface area (Å²) < 4.78 is 1.12. The molecule has 2 atom stereocenters. The molecular weight excluding hydrogens is 278 g/mol. The second-order valence-electron chi connectivity index (χ2n) is 4.42. The second kappa shape index (κ2) is 5.52. The zero-order valence-corrected chi connectivity index (χ0v) is 11.4. The highest BCUT2D eigenvalue weighted by molar-refractivity contribution is 9.10. The third-order valence-corrected chi connectivity index (χ3v) is 3.82. The van der Waals surface area contributed by atoms with Gasteiger partial charge in [-0.3, -0.25) is 0 Å². The van der Waals surface area contributed by atoms with Gasteiger partial charge in [0.25, 0.3) is 0 Å². The summed E-state index contributed by atoms with van der Waals surface area (Å²) in [5, 5.41) is 12.2. The summed E-state index contributed by atoms with van der Waals surface area (Å²) in [6.07, 6.45) is 0.563. The van der Waals surface area contributed by atoms with Gasteiger partial charge in [-0.2, -0.15) is 5.26 Å². The van der Waals surface area contributed by atoms with E-state index >= 15 is 0 Å². The molecule has 0 amide bonds. The summed E-state index contributed by atoms with van der Waals surface area (Å²) in [4.78, 5) is 2.36. The summed E-state index contributed by atoms with van der Waals surface area (Å²) >= 11 is 3.59. The van der Waals surface area contributed by atoms with Crippen LogP contribution < -0.4 is 10.2 Å². The van der Waals surface area contributed by atoms with Crippen LogP contribution in [0.2, 0.25) is 0 Å². The maximum Gasteiger partial charge on any atom is 0.0638 e. The fourth-order valence-corrected chi connectivity index (χ4v) is 2.71. The fraction of sp³-hybridized carbons (Fsp3) is 0.462. The average Bonchev–Trinajstić information content (AvgIpc) is 2.33. The van der Waals surface area contributed by atoms with E-state index in [0.717, 1.165) is 17.6 Å². The van der Waals surface area contributed by atoms with Crippen molar-refractivity contribution < 1.29 is 0 Å². The topological polar surface area (TPSA) is 39.1 Å². The summed E-state index contributed by atoms with van der Waals surface area (Å²) in [5.41, 5.74) is 1.21. The van der Waals surface area contributed by atoms with Gasteiger partial charge >= 0.3 is 0 Å². The number of nitrogens with zero attached hydrogens (tertiary/aromatic N) is 2. The molecule has 1 aromatic rings. The van der Waals surface area contributed by atoms with Gasteiger partial charge in [0.1, 0.15) is 0 Å². The number of hydrogen-bond donors (Lipinski definition) is 1. The third-order valence-electron chi connectivity index (χ3n) is 3.15. The molecule has 0 aliphatic carbocycles. The highest BCUT2D eigenvalue weighted by atomic mass is 79.9. The molecule has 1 saturated heterocycles. The van der Waals surface area contributed by atoms with E-state index in [1.54, 1.807) is 0 Å². The number of para-hydroxylation sites is 1. The van der Waals surface area contributed by atoms with E-state index in [1.807, 2.05) is 12.1 Å². The van der Waals surface area contributed by atoms with Crippen molar-refractivity contribution in [2.45, 2.75) is 25.4 Å². The number of nitriles is 1. The molecule has 17 heavy (non-hydrogen) atoms. The lowest BCUT2D eigenvalue weighted by molar-refractivity contribution is 0.409. The molecule has 90 valence electrons. The van der Waals surface area contributed by atoms with Crippen LogP contribution >= 0.6 is 15.9 Å². The van der Waals surface area contributed by atoms with Crippen LogP contribution in [0.1, 0.15) is 13.3 Å². The molecule has 1 aliphatic rings. The molecule has 2 unspecified atom stereocenters. The Labute approximate surface area is 111 Å². The van der Waals surface area contributed by atoms with E-state index in [9.17, 15) is 0 Å². The third kappa shape index (κ3) is 2.80. The van der Waals surface area contributed by atoms with Crippen LogP contribution in [0.15, 0.2) is 28.7 Å². The highest BCUT2D eigenvalue weighted by Crippen LogP contribution is 2.28. The quantitative estimate of drug-likeness (QED) is 0.911. The Morgan fingerprint density at radius 3 is 3.00 bits per heavy atom. The maximum absolute atomic E-state index is 8.78. The molecule has 1 heterocycles. The lowest BCUT2D eigenvalue weighted by atomic mass is 10.1. The first kappa shape index (κ1) is 12.4. The van der Waals surface area contributed by atoms with Crippen LogP contribution in [0.4, 0.5) is 5.69 Å². The van der Waals surface area contributed by atoms with Crippen LogP contribution in [-0.4, -0.2) is 25.2 Å². The fourth-order valence-electron chi connectivity index (χ4n) is 2.20. The molecular formula is C13H16BrN3. The van der Waals surface area contributed by atoms with Gasteiger partial charge in [0.05, 0.1) is 18.2 Å². The Morgan fingerprint density at radius 1 is 1.53 bits per heavy atom. The van der Waals surface area contributed by atoms with Crippen molar-refractivity contribution in [2.75, 3.05) is 18.0 Å². The number of halogens is 1. The van der Waals surface area contributed by atoms with Crippen molar-refractivity contribution in [1.82, 2.24) is 5.32 Å². The monoisotopic (exact) mass is 293 g/mol. The van der Waals surface area contributed by atoms with Crippen molar-refractivity contribution in [1.29, 1.82) is 5.26 Å². The van der Waals surface area contributed by atoms with Gasteiger partial charge in [0, 0.05) is 29.6 Å². The first-order chi connectivity index (χ1) is 8.22. The van der Waals surface area contributed by atoms with Crippen molar-refractivity contribution in [3.8, 4) is 6.07 Å². The predicted molar refractivity (Wildman–Crippen MR) is 73.0 cm³/mol. The molecule has 1 N–H and O–H groups in total. The van der Waals surface area contributed by atoms with Crippen molar-refractivity contribution in [3.63, 3.8) is 0 Å². The van der Waals surface area contributed by atoms with Crippen LogP contribution in [0.3, 0.4) is 0 Å². The first-order valence-corrected chi connectivity index (χ1v) is 6.63. The molecule has 0 radical (unpaired) electrons. The largest absolute Gasteiger partial charge is 0.365 e. The average molecular weight is 294 g/mol. The smallest absolute Gasteiger partial charge is 0.0638 e. The number of piperazine rings is 1. The van der Waals surface area contributed by atoms with Gasteiger partial charge in [-0.1, -0.05) is 12.1 Å². The summed E-state index contributed by atoms with van der Waals surface area (Å²) in [6.45, 7) is 4.01. The molecule has 1 aromatic carbocycles. The lowest BCUT2D eigenvalue weighted by Crippen LogP contribution is -2.55. The number of rotatable bonds is 2. The van der Waals surface area contributed by atoms with Crippen LogP contribution in [0.5, 0.6) is 0 Å². The summed E-state index contributed by atoms with van der Waals surface area (Å²) in [7, 11) is 0. The Bertz CT molecular complexity index is 427. The Kier molecular flexibility index (Phi) is 4.03. The summed E-state index contributed by atoms with van der Waals surface area (Å²) in [6, 6.07) is 11.2. The predicted octanol–water partition coefficient (Wildman–Crippen LogP) is 2.53. The lowest BCUT2D eigenvalue weighted by Gasteiger charge is -2.40. The van der Waals surface area contributed by atoms with E-state index in [2.05, 4.69) is 51.3 Å². The van der Waals surface area contributed by atoms with Gasteiger partial charge in [-0.25, -0.2) is 0 Å². The van der Waals surface area contributed by atoms with E-state index < -0.39 is 0 Å². The number of hydrogen-bond acceptors (Lipinski definition) is 3. The number of benzene rings is 1. The van der Waals surface area contributed by atoms with Crippen LogP contribution in [-0.2, 0) is 0 Å². The van der Waals surface area contributed by atoms with Gasteiger partial charge in [0.15, 0.2) is 0 Å². The Morgan fingerprint density at radius 2 is 2.29 bits per heavy atom. The van der Waals surface area contributed by atoms with Crippen molar-refractivity contribution in [3.05, 3.63) is 28.7 Å². The van der Waals surface area contributed by atoms with E-state index in [4.69, 9.17) is 5.26 Å². The molecule has 1 aliphatic heterocycles. The Hall–Kier alpha value is -1.05. The molecule has 0 saturated carbocycles. The van der Waals surface area contributed by atoms with Crippen LogP contribution in [0, 0.1) is 11.3 Å². The van der Waals surface area contributed by atoms with E-state index in [-0.39, 0.29) is 6.04 Å². The molecule has 0 spiro atoms. The molecule has 4 heteroatoms. The van der Waals surface area contributed by atoms with Gasteiger partial charge in [0.2, 0.25) is 0 Å². The molecule has 1 fully saturated rings. The van der Waals surface area contributed by atoms with Crippen LogP contribution in [0.25, 0.3) is 0 Å². The van der Waals surface area contributed by atoms with E-state index in [1.165, 1.54) is 5.69 Å². The zero-order chi connectivity index (χ0) is 12.3. The molecule has 2 rings (SSSR count). The minimum absolute atomic E-state index is 0.267. The van der Waals surface area contributed by atoms with Gasteiger partial charge in [-0.15, -0.1) is 0 Å². The van der Waals surface area contributed by atoms with Gasteiger partial charge < -0.3 is 10.2 Å². The van der Waals surface area contributed by atoms with E-state index in [0.29, 0.717) is 12.5 Å². The number of nitrogens with one attached hydrogen (secondary N) is 1. The summed E-state index contributed by atoms with van der Waals surface area (Å²) in [5.74, 6) is 0. The standard InChI is InChI=1S/C13H16BrN3/c1-10-8-16-11(6-7-15)9-17(10)13-5-3-2-4-12(13)14/h2-5,10-11,16H,6,8-9H2,1H3. The first-order valence-electron chi connectivity index (χ1n) is 5.84. The minimum Gasteiger partial charge on any atom is -0.365 e. The molecule has 3 nitrogen and oxygen atoms in total. The Balaban J connectivity index is 2.18.